The van der Waals surface area contributed by atoms with Gasteiger partial charge >= 0.3 is 0 Å². The van der Waals surface area contributed by atoms with E-state index in [-0.39, 0.29) is 5.24 Å². The van der Waals surface area contributed by atoms with E-state index in [1.807, 2.05) is 0 Å². The molecular weight excluding hydrogens is 205 g/mol. The number of carbonyl (C=O) groups excluding carboxylic acids is 1. The molecule has 0 aliphatic heterocycles. The molecule has 0 fully saturated rings. The first-order valence-corrected chi connectivity index (χ1v) is 3.58. The van der Waals surface area contributed by atoms with Gasteiger partial charge in [0.15, 0.2) is 17.5 Å². The summed E-state index contributed by atoms with van der Waals surface area (Å²) in [6, 6.07) is 2.82. The molecule has 5 heteroatoms. The van der Waals surface area contributed by atoms with Gasteiger partial charge in [-0.05, 0) is 23.7 Å². The molecule has 1 nitrogen and oxygen atoms in total. The van der Waals surface area contributed by atoms with Crippen molar-refractivity contribution in [3.8, 4) is 0 Å². The van der Waals surface area contributed by atoms with E-state index in [1.165, 1.54) is 6.92 Å². The van der Waals surface area contributed by atoms with Crippen LogP contribution >= 0.6 is 11.6 Å². The van der Waals surface area contributed by atoms with Crippen LogP contribution in [-0.4, -0.2) is 5.24 Å². The smallest absolute Gasteiger partial charge is 0.218 e. The summed E-state index contributed by atoms with van der Waals surface area (Å²) in [4.78, 5) is 9.21. The lowest BCUT2D eigenvalue weighted by atomic mass is 10.3. The Bertz CT molecular complexity index is 277. The second kappa shape index (κ2) is 5.59. The van der Waals surface area contributed by atoms with Gasteiger partial charge in [-0.25, -0.2) is 13.2 Å². The van der Waals surface area contributed by atoms with E-state index >= 15 is 0 Å². The van der Waals surface area contributed by atoms with Gasteiger partial charge in [0.1, 0.15) is 0 Å². The van der Waals surface area contributed by atoms with Crippen LogP contribution in [0.15, 0.2) is 18.2 Å². The third-order valence-corrected chi connectivity index (χ3v) is 0.904. The topological polar surface area (TPSA) is 17.1 Å². The Balaban J connectivity index is 0.000000310. The van der Waals surface area contributed by atoms with E-state index in [4.69, 9.17) is 0 Å². The van der Waals surface area contributed by atoms with E-state index < -0.39 is 17.5 Å². The predicted octanol–water partition coefficient (Wildman–Crippen LogP) is 2.88. The summed E-state index contributed by atoms with van der Waals surface area (Å²) < 4.78 is 35.9. The van der Waals surface area contributed by atoms with Crippen LogP contribution in [0.25, 0.3) is 0 Å². The molecule has 1 aromatic rings. The van der Waals surface area contributed by atoms with Crippen molar-refractivity contribution in [2.75, 3.05) is 0 Å². The molecule has 0 aliphatic carbocycles. The second-order valence-corrected chi connectivity index (χ2v) is 2.54. The Hall–Kier alpha value is -1.03. The van der Waals surface area contributed by atoms with Crippen LogP contribution in [0, 0.1) is 17.5 Å². The Morgan fingerprint density at radius 3 is 1.77 bits per heavy atom. The van der Waals surface area contributed by atoms with Gasteiger partial charge in [0.2, 0.25) is 5.24 Å². The number of halogens is 4. The second-order valence-electron chi connectivity index (χ2n) is 2.01. The molecule has 0 amide bonds. The molecule has 1 rings (SSSR count). The van der Waals surface area contributed by atoms with Crippen LogP contribution in [0.4, 0.5) is 13.2 Å². The standard InChI is InChI=1S/C6H3F3.C2H3ClO/c7-4-2-1-3-5(8)6(4)9;1-2(3)4/h1-3H;1H3. The van der Waals surface area contributed by atoms with Crippen molar-refractivity contribution in [1.82, 2.24) is 0 Å². The zero-order valence-electron chi connectivity index (χ0n) is 6.65. The quantitative estimate of drug-likeness (QED) is 0.475. The van der Waals surface area contributed by atoms with E-state index in [9.17, 15) is 18.0 Å². The van der Waals surface area contributed by atoms with Crippen LogP contribution in [0.3, 0.4) is 0 Å². The lowest BCUT2D eigenvalue weighted by Gasteiger charge is -1.90. The van der Waals surface area contributed by atoms with E-state index in [0.717, 1.165) is 18.2 Å². The van der Waals surface area contributed by atoms with Crippen LogP contribution in [0.5, 0.6) is 0 Å². The molecular formula is C8H6ClF3O. The summed E-state index contributed by atoms with van der Waals surface area (Å²) in [7, 11) is 0. The monoisotopic (exact) mass is 210 g/mol. The van der Waals surface area contributed by atoms with Gasteiger partial charge in [-0.2, -0.15) is 0 Å². The van der Waals surface area contributed by atoms with Crippen molar-refractivity contribution in [3.63, 3.8) is 0 Å². The van der Waals surface area contributed by atoms with Crippen LogP contribution in [0.2, 0.25) is 0 Å². The minimum Gasteiger partial charge on any atom is -0.282 e. The first kappa shape index (κ1) is 12.0. The number of benzene rings is 1. The summed E-state index contributed by atoms with van der Waals surface area (Å²) >= 11 is 4.64. The van der Waals surface area contributed by atoms with E-state index in [1.54, 1.807) is 0 Å². The van der Waals surface area contributed by atoms with Gasteiger partial charge < -0.3 is 0 Å². The predicted molar refractivity (Wildman–Crippen MR) is 42.9 cm³/mol. The van der Waals surface area contributed by atoms with Gasteiger partial charge in [-0.15, -0.1) is 0 Å². The average molecular weight is 211 g/mol. The number of hydrogen-bond acceptors (Lipinski definition) is 1. The third kappa shape index (κ3) is 5.25. The zero-order valence-corrected chi connectivity index (χ0v) is 7.41. The summed E-state index contributed by atoms with van der Waals surface area (Å²) in [5, 5.41) is -0.361. The Labute approximate surface area is 78.1 Å². The molecule has 0 heterocycles. The summed E-state index contributed by atoms with van der Waals surface area (Å²) in [5.41, 5.74) is 0. The Morgan fingerprint density at radius 1 is 1.23 bits per heavy atom. The highest BCUT2D eigenvalue weighted by atomic mass is 35.5. The fourth-order valence-corrected chi connectivity index (χ4v) is 0.477. The Morgan fingerprint density at radius 2 is 1.54 bits per heavy atom. The molecule has 0 bridgehead atoms. The van der Waals surface area contributed by atoms with Gasteiger partial charge in [0, 0.05) is 6.92 Å². The molecule has 0 unspecified atom stereocenters. The van der Waals surface area contributed by atoms with Gasteiger partial charge in [0.25, 0.3) is 0 Å². The number of carbonyl (C=O) groups is 1. The fourth-order valence-electron chi connectivity index (χ4n) is 0.477. The molecule has 13 heavy (non-hydrogen) atoms. The van der Waals surface area contributed by atoms with Crippen molar-refractivity contribution >= 4 is 16.8 Å². The minimum atomic E-state index is -1.42. The van der Waals surface area contributed by atoms with Crippen molar-refractivity contribution in [2.24, 2.45) is 0 Å². The van der Waals surface area contributed by atoms with Gasteiger partial charge in [-0.1, -0.05) is 6.07 Å². The van der Waals surface area contributed by atoms with Crippen LogP contribution < -0.4 is 0 Å². The molecule has 1 aromatic carbocycles. The number of hydrogen-bond donors (Lipinski definition) is 0. The average Bonchev–Trinajstić information content (AvgIpc) is 1.99. The number of rotatable bonds is 0. The van der Waals surface area contributed by atoms with E-state index in [2.05, 4.69) is 11.6 Å². The zero-order chi connectivity index (χ0) is 10.4. The highest BCUT2D eigenvalue weighted by Gasteiger charge is 2.04. The van der Waals surface area contributed by atoms with E-state index in [0.29, 0.717) is 0 Å². The fraction of sp³-hybridized carbons (Fsp3) is 0.125. The lowest BCUT2D eigenvalue weighted by molar-refractivity contribution is -0.109. The molecule has 0 radical (unpaired) electrons. The van der Waals surface area contributed by atoms with Crippen LogP contribution in [-0.2, 0) is 4.79 Å². The summed E-state index contributed by atoms with van der Waals surface area (Å²) in [5.74, 6) is -3.73. The van der Waals surface area contributed by atoms with Crippen LogP contribution in [0.1, 0.15) is 6.92 Å². The highest BCUT2D eigenvalue weighted by molar-refractivity contribution is 6.62. The maximum Gasteiger partial charge on any atom is 0.218 e. The van der Waals surface area contributed by atoms with Gasteiger partial charge in [-0.3, -0.25) is 4.79 Å². The van der Waals surface area contributed by atoms with Gasteiger partial charge in [0.05, 0.1) is 0 Å². The maximum absolute atomic E-state index is 12.0. The largest absolute Gasteiger partial charge is 0.282 e. The van der Waals surface area contributed by atoms with Crippen molar-refractivity contribution in [2.45, 2.75) is 6.92 Å². The lowest BCUT2D eigenvalue weighted by Crippen LogP contribution is -1.86. The van der Waals surface area contributed by atoms with Crippen molar-refractivity contribution in [3.05, 3.63) is 35.7 Å². The Kier molecular flexibility index (Phi) is 5.14. The molecule has 0 atom stereocenters. The minimum absolute atomic E-state index is 0.361. The van der Waals surface area contributed by atoms with Crippen molar-refractivity contribution < 1.29 is 18.0 Å². The molecule has 0 N–H and O–H groups in total. The maximum atomic E-state index is 12.0. The SMILES string of the molecule is CC(=O)Cl.Fc1cccc(F)c1F. The first-order valence-electron chi connectivity index (χ1n) is 3.20. The molecule has 0 spiro atoms. The highest BCUT2D eigenvalue weighted by Crippen LogP contribution is 2.07. The molecule has 0 saturated carbocycles. The molecule has 0 saturated heterocycles. The first-order chi connectivity index (χ1) is 5.95. The summed E-state index contributed by atoms with van der Waals surface area (Å²) in [6.45, 7) is 1.29. The molecule has 0 aliphatic rings. The summed E-state index contributed by atoms with van der Waals surface area (Å²) in [6.07, 6.45) is 0. The molecule has 72 valence electrons. The molecule has 0 aromatic heterocycles. The van der Waals surface area contributed by atoms with Crippen molar-refractivity contribution in [1.29, 1.82) is 0 Å². The normalized spacial score (nSPS) is 8.69. The third-order valence-electron chi connectivity index (χ3n) is 0.904.